The largest absolute Gasteiger partial charge is 0.332 e. The van der Waals surface area contributed by atoms with E-state index in [2.05, 4.69) is 16.0 Å². The molecule has 4 rings (SSSR count). The van der Waals surface area contributed by atoms with Gasteiger partial charge in [0.1, 0.15) is 12.1 Å². The molecule has 0 unspecified atom stereocenters. The van der Waals surface area contributed by atoms with Crippen molar-refractivity contribution in [2.45, 2.75) is 26.3 Å². The zero-order valence-corrected chi connectivity index (χ0v) is 21.4. The van der Waals surface area contributed by atoms with Gasteiger partial charge in [-0.2, -0.15) is 0 Å². The summed E-state index contributed by atoms with van der Waals surface area (Å²) in [6, 6.07) is 19.1. The van der Waals surface area contributed by atoms with Gasteiger partial charge in [0, 0.05) is 24.8 Å². The van der Waals surface area contributed by atoms with E-state index < -0.39 is 35.8 Å². The first-order valence-electron chi connectivity index (χ1n) is 12.2. The van der Waals surface area contributed by atoms with Gasteiger partial charge in [0.2, 0.25) is 17.7 Å². The van der Waals surface area contributed by atoms with Gasteiger partial charge in [-0.25, -0.2) is 4.79 Å². The quantitative estimate of drug-likeness (QED) is 0.397. The lowest BCUT2D eigenvalue weighted by molar-refractivity contribution is -0.140. The lowest BCUT2D eigenvalue weighted by Gasteiger charge is -2.24. The third-order valence-electron chi connectivity index (χ3n) is 6.45. The van der Waals surface area contributed by atoms with Crippen LogP contribution in [-0.2, 0) is 24.7 Å². The summed E-state index contributed by atoms with van der Waals surface area (Å²) in [5.74, 6) is -1.71. The van der Waals surface area contributed by atoms with Crippen LogP contribution in [0.1, 0.15) is 26.3 Å². The summed E-state index contributed by atoms with van der Waals surface area (Å²) in [6.45, 7) is 4.19. The van der Waals surface area contributed by atoms with Crippen LogP contribution in [0.15, 0.2) is 66.7 Å². The van der Waals surface area contributed by atoms with Crippen molar-refractivity contribution in [1.82, 2.24) is 15.1 Å². The molecule has 10 nitrogen and oxygen atoms in total. The van der Waals surface area contributed by atoms with Crippen LogP contribution < -0.4 is 16.0 Å². The summed E-state index contributed by atoms with van der Waals surface area (Å²) in [7, 11) is 0. The Balaban J connectivity index is 1.40. The highest BCUT2D eigenvalue weighted by molar-refractivity contribution is 6.09. The molecule has 0 radical (unpaired) electrons. The summed E-state index contributed by atoms with van der Waals surface area (Å²) < 4.78 is 0. The Morgan fingerprint density at radius 1 is 0.921 bits per heavy atom. The first-order valence-corrected chi connectivity index (χ1v) is 12.2. The Kier molecular flexibility index (Phi) is 7.43. The Morgan fingerprint density at radius 2 is 1.55 bits per heavy atom. The van der Waals surface area contributed by atoms with E-state index in [4.69, 9.17) is 0 Å². The van der Waals surface area contributed by atoms with Crippen molar-refractivity contribution >= 4 is 51.8 Å². The molecular formula is C28H29N5O5. The number of anilines is 2. The highest BCUT2D eigenvalue weighted by Gasteiger charge is 2.49. The highest BCUT2D eigenvalue weighted by atomic mass is 16.2. The molecule has 3 N–H and O–H groups in total. The second-order valence-corrected chi connectivity index (χ2v) is 9.22. The number of carbonyl (C=O) groups is 5. The minimum absolute atomic E-state index is 0.207. The third kappa shape index (κ3) is 5.49. The molecule has 1 heterocycles. The molecule has 6 amide bonds. The third-order valence-corrected chi connectivity index (χ3v) is 6.45. The predicted octanol–water partition coefficient (Wildman–Crippen LogP) is 3.05. The summed E-state index contributed by atoms with van der Waals surface area (Å²) in [5.41, 5.74) is 0.373. The molecule has 0 saturated carbocycles. The lowest BCUT2D eigenvalue weighted by atomic mass is 9.90. The molecule has 1 aliphatic rings. The molecule has 38 heavy (non-hydrogen) atoms. The maximum absolute atomic E-state index is 13.3. The number of benzene rings is 3. The van der Waals surface area contributed by atoms with Gasteiger partial charge in [-0.15, -0.1) is 0 Å². The van der Waals surface area contributed by atoms with Gasteiger partial charge in [0.25, 0.3) is 5.91 Å². The van der Waals surface area contributed by atoms with Crippen molar-refractivity contribution in [3.8, 4) is 0 Å². The molecule has 1 atom stereocenters. The second kappa shape index (κ2) is 10.7. The number of likely N-dealkylation sites (N-methyl/N-ethyl adjacent to an activating group) is 1. The number of carbonyl (C=O) groups excluding carboxylic acids is 5. The smallest absolute Gasteiger partial charge is 0.325 e. The number of hydrogen-bond donors (Lipinski definition) is 3. The van der Waals surface area contributed by atoms with Crippen LogP contribution >= 0.6 is 0 Å². The number of urea groups is 1. The van der Waals surface area contributed by atoms with E-state index in [0.717, 1.165) is 15.7 Å². The number of nitrogens with zero attached hydrogens (tertiary/aromatic N) is 2. The topological polar surface area (TPSA) is 128 Å². The van der Waals surface area contributed by atoms with E-state index in [0.29, 0.717) is 16.9 Å². The second-order valence-electron chi connectivity index (χ2n) is 9.22. The summed E-state index contributed by atoms with van der Waals surface area (Å²) in [6.07, 6.45) is 0. The zero-order valence-electron chi connectivity index (χ0n) is 21.4. The van der Waals surface area contributed by atoms with Gasteiger partial charge in [0.05, 0.1) is 6.54 Å². The minimum Gasteiger partial charge on any atom is -0.332 e. The van der Waals surface area contributed by atoms with Crippen LogP contribution in [0.3, 0.4) is 0 Å². The number of fused-ring (bicyclic) bond motifs is 1. The van der Waals surface area contributed by atoms with Crippen LogP contribution in [0, 0.1) is 0 Å². The Bertz CT molecular complexity index is 1420. The van der Waals surface area contributed by atoms with E-state index in [1.807, 2.05) is 36.4 Å². The Labute approximate surface area is 220 Å². The molecule has 3 aromatic carbocycles. The first kappa shape index (κ1) is 26.3. The number of nitrogens with one attached hydrogen (secondary N) is 3. The molecule has 0 aliphatic carbocycles. The van der Waals surface area contributed by atoms with Crippen LogP contribution in [-0.4, -0.2) is 59.1 Å². The number of amides is 6. The van der Waals surface area contributed by atoms with Gasteiger partial charge in [0.15, 0.2) is 0 Å². The van der Waals surface area contributed by atoms with E-state index in [9.17, 15) is 24.0 Å². The fraction of sp³-hybridized carbons (Fsp3) is 0.250. The zero-order chi connectivity index (χ0) is 27.4. The van der Waals surface area contributed by atoms with Crippen molar-refractivity contribution in [2.24, 2.45) is 0 Å². The summed E-state index contributed by atoms with van der Waals surface area (Å²) in [4.78, 5) is 65.0. The van der Waals surface area contributed by atoms with Gasteiger partial charge in [-0.1, -0.05) is 36.4 Å². The van der Waals surface area contributed by atoms with Crippen LogP contribution in [0.25, 0.3) is 10.8 Å². The average molecular weight is 516 g/mol. The molecule has 196 valence electrons. The molecule has 0 bridgehead atoms. The van der Waals surface area contributed by atoms with Crippen molar-refractivity contribution in [3.63, 3.8) is 0 Å². The fourth-order valence-electron chi connectivity index (χ4n) is 4.36. The van der Waals surface area contributed by atoms with E-state index >= 15 is 0 Å². The molecule has 10 heteroatoms. The summed E-state index contributed by atoms with van der Waals surface area (Å²) in [5, 5.41) is 9.99. The predicted molar refractivity (Wildman–Crippen MR) is 143 cm³/mol. The lowest BCUT2D eigenvalue weighted by Crippen LogP contribution is -2.46. The average Bonchev–Trinajstić information content (AvgIpc) is 3.11. The molecule has 3 aromatic rings. The van der Waals surface area contributed by atoms with Crippen molar-refractivity contribution in [1.29, 1.82) is 0 Å². The van der Waals surface area contributed by atoms with Crippen molar-refractivity contribution in [2.75, 3.05) is 30.3 Å². The van der Waals surface area contributed by atoms with Crippen LogP contribution in [0.2, 0.25) is 0 Å². The molecule has 0 spiro atoms. The van der Waals surface area contributed by atoms with Crippen molar-refractivity contribution < 1.29 is 24.0 Å². The molecule has 1 aliphatic heterocycles. The van der Waals surface area contributed by atoms with Crippen LogP contribution in [0.4, 0.5) is 16.2 Å². The van der Waals surface area contributed by atoms with Gasteiger partial charge >= 0.3 is 6.03 Å². The maximum atomic E-state index is 13.3. The molecular weight excluding hydrogens is 486 g/mol. The highest BCUT2D eigenvalue weighted by Crippen LogP contribution is 2.31. The standard InChI is InChI=1S/C28H29N5O5/c1-4-32(16-24(35)30-23-13-11-22(12-14-23)29-18(2)34)25(36)17-33-26(37)28(3,31-27(33)38)21-10-9-19-7-5-6-8-20(19)15-21/h5-15H,4,16-17H2,1-3H3,(H,29,34)(H,30,35)(H,31,38)/t28-/m0/s1. The number of rotatable bonds is 8. The maximum Gasteiger partial charge on any atom is 0.325 e. The fourth-order valence-corrected chi connectivity index (χ4v) is 4.36. The summed E-state index contributed by atoms with van der Waals surface area (Å²) >= 11 is 0. The normalized spacial score (nSPS) is 16.8. The van der Waals surface area contributed by atoms with E-state index in [-0.39, 0.29) is 19.0 Å². The Morgan fingerprint density at radius 3 is 2.18 bits per heavy atom. The van der Waals surface area contributed by atoms with E-state index in [1.54, 1.807) is 44.2 Å². The first-order chi connectivity index (χ1) is 18.1. The molecule has 1 fully saturated rings. The minimum atomic E-state index is -1.32. The molecule has 1 saturated heterocycles. The van der Waals surface area contributed by atoms with Gasteiger partial charge in [-0.05, 0) is 60.5 Å². The van der Waals surface area contributed by atoms with Crippen LogP contribution in [0.5, 0.6) is 0 Å². The SMILES string of the molecule is CCN(CC(=O)Nc1ccc(NC(C)=O)cc1)C(=O)CN1C(=O)N[C@@](C)(c2ccc3ccccc3c2)C1=O. The van der Waals surface area contributed by atoms with Crippen molar-refractivity contribution in [3.05, 3.63) is 72.3 Å². The monoisotopic (exact) mass is 515 g/mol. The Hall–Kier alpha value is -4.73. The number of imide groups is 1. The van der Waals surface area contributed by atoms with E-state index in [1.165, 1.54) is 11.8 Å². The van der Waals surface area contributed by atoms with Gasteiger partial charge < -0.3 is 20.9 Å². The number of hydrogen-bond acceptors (Lipinski definition) is 5. The molecule has 0 aromatic heterocycles. The van der Waals surface area contributed by atoms with Gasteiger partial charge in [-0.3, -0.25) is 24.1 Å².